The van der Waals surface area contributed by atoms with Crippen LogP contribution in [0.25, 0.3) is 11.0 Å². The van der Waals surface area contributed by atoms with E-state index in [0.717, 1.165) is 49.5 Å². The van der Waals surface area contributed by atoms with Gasteiger partial charge in [0.2, 0.25) is 0 Å². The van der Waals surface area contributed by atoms with E-state index in [4.69, 9.17) is 0 Å². The zero-order valence-electron chi connectivity index (χ0n) is 17.7. The van der Waals surface area contributed by atoms with Gasteiger partial charge in [-0.05, 0) is 17.7 Å². The van der Waals surface area contributed by atoms with Gasteiger partial charge in [0.05, 0.1) is 28.5 Å². The van der Waals surface area contributed by atoms with Crippen LogP contribution in [0.3, 0.4) is 0 Å². The van der Waals surface area contributed by atoms with Gasteiger partial charge in [-0.2, -0.15) is 0 Å². The molecule has 1 fully saturated rings. The number of hydrogen-bond acceptors (Lipinski definition) is 6. The summed E-state index contributed by atoms with van der Waals surface area (Å²) in [5.74, 6) is 0. The summed E-state index contributed by atoms with van der Waals surface area (Å²) >= 11 is 0. The molecular formula is C24H30N6. The van der Waals surface area contributed by atoms with Crippen LogP contribution < -0.4 is 16.0 Å². The van der Waals surface area contributed by atoms with E-state index in [2.05, 4.69) is 73.5 Å². The van der Waals surface area contributed by atoms with Crippen LogP contribution in [0.2, 0.25) is 0 Å². The Balaban J connectivity index is 0.00000106. The minimum Gasteiger partial charge on any atom is -0.379 e. The number of allylic oxidation sites excluding steroid dienone is 2. The van der Waals surface area contributed by atoms with Crippen LogP contribution in [0.15, 0.2) is 78.1 Å². The molecule has 5 rings (SSSR count). The van der Waals surface area contributed by atoms with Gasteiger partial charge in [0.25, 0.3) is 0 Å². The Morgan fingerprint density at radius 1 is 1.07 bits per heavy atom. The number of hydrogen-bond donors (Lipinski definition) is 3. The lowest BCUT2D eigenvalue weighted by Gasteiger charge is -2.38. The number of nitrogens with zero attached hydrogens (tertiary/aromatic N) is 3. The van der Waals surface area contributed by atoms with E-state index in [0.29, 0.717) is 0 Å². The molecule has 0 saturated carbocycles. The first-order valence-corrected chi connectivity index (χ1v) is 10.8. The van der Waals surface area contributed by atoms with Crippen LogP contribution in [0, 0.1) is 0 Å². The molecule has 0 bridgehead atoms. The Morgan fingerprint density at radius 3 is 2.70 bits per heavy atom. The van der Waals surface area contributed by atoms with Gasteiger partial charge in [-0.25, -0.2) is 0 Å². The molecule has 1 aromatic heterocycles. The molecule has 0 amide bonds. The van der Waals surface area contributed by atoms with Crippen molar-refractivity contribution in [1.29, 1.82) is 0 Å². The van der Waals surface area contributed by atoms with E-state index < -0.39 is 0 Å². The standard InChI is InChI=1S/C22H24N6.C2H6/c1-2-4-18-17(3-1)22(28-11-9-23-10-12-28)21(15-27-18)26-14-16-5-6-19-20(13-16)25-8-7-24-19;1-2/h1-8,13,15,18,23,26-27H,9-12,14H2;1-2H3. The van der Waals surface area contributed by atoms with Crippen LogP contribution in [0.4, 0.5) is 0 Å². The number of nitrogens with one attached hydrogen (secondary N) is 3. The normalized spacial score (nSPS) is 20.1. The van der Waals surface area contributed by atoms with Crippen molar-refractivity contribution in [1.82, 2.24) is 30.8 Å². The molecule has 0 radical (unpaired) electrons. The van der Waals surface area contributed by atoms with Crippen molar-refractivity contribution in [2.45, 2.75) is 26.4 Å². The molecule has 1 saturated heterocycles. The SMILES string of the molecule is C1=CC2=C(N3CCNCC3)C(NCc3ccc4nccnc4c3)=CNC2C=C1.CC. The number of fused-ring (bicyclic) bond motifs is 2. The van der Waals surface area contributed by atoms with E-state index in [1.807, 2.05) is 19.9 Å². The third-order valence-electron chi connectivity index (χ3n) is 5.41. The van der Waals surface area contributed by atoms with E-state index in [-0.39, 0.29) is 6.04 Å². The minimum atomic E-state index is 0.247. The molecule has 156 valence electrons. The summed E-state index contributed by atoms with van der Waals surface area (Å²) in [5, 5.41) is 10.6. The number of benzene rings is 1. The number of dihydropyridines is 1. The first-order valence-electron chi connectivity index (χ1n) is 10.8. The fraction of sp³-hybridized carbons (Fsp3) is 0.333. The molecule has 3 N–H and O–H groups in total. The molecule has 2 aromatic rings. The van der Waals surface area contributed by atoms with Gasteiger partial charge < -0.3 is 20.9 Å². The summed E-state index contributed by atoms with van der Waals surface area (Å²) in [6.07, 6.45) is 14.3. The van der Waals surface area contributed by atoms with Gasteiger partial charge in [0, 0.05) is 56.9 Å². The Hall–Kier alpha value is -3.12. The van der Waals surface area contributed by atoms with Crippen LogP contribution in [0.1, 0.15) is 19.4 Å². The summed E-state index contributed by atoms with van der Waals surface area (Å²) in [7, 11) is 0. The largest absolute Gasteiger partial charge is 0.379 e. The molecule has 1 unspecified atom stereocenters. The van der Waals surface area contributed by atoms with Gasteiger partial charge >= 0.3 is 0 Å². The smallest absolute Gasteiger partial charge is 0.0890 e. The predicted octanol–water partition coefficient (Wildman–Crippen LogP) is 2.84. The first kappa shape index (κ1) is 20.2. The molecule has 6 nitrogen and oxygen atoms in total. The molecule has 2 aliphatic heterocycles. The van der Waals surface area contributed by atoms with Crippen LogP contribution in [-0.2, 0) is 6.54 Å². The molecule has 30 heavy (non-hydrogen) atoms. The molecule has 1 aliphatic carbocycles. The molecule has 0 spiro atoms. The minimum absolute atomic E-state index is 0.247. The second kappa shape index (κ2) is 9.59. The number of rotatable bonds is 4. The summed E-state index contributed by atoms with van der Waals surface area (Å²) < 4.78 is 0. The average Bonchev–Trinajstić information content (AvgIpc) is 2.84. The quantitative estimate of drug-likeness (QED) is 0.731. The Bertz CT molecular complexity index is 998. The fourth-order valence-corrected chi connectivity index (χ4v) is 4.00. The van der Waals surface area contributed by atoms with Gasteiger partial charge in [0.1, 0.15) is 0 Å². The van der Waals surface area contributed by atoms with Crippen molar-refractivity contribution in [3.63, 3.8) is 0 Å². The maximum Gasteiger partial charge on any atom is 0.0890 e. The highest BCUT2D eigenvalue weighted by atomic mass is 15.2. The predicted molar refractivity (Wildman–Crippen MR) is 122 cm³/mol. The Kier molecular flexibility index (Phi) is 6.44. The second-order valence-corrected chi connectivity index (χ2v) is 7.22. The van der Waals surface area contributed by atoms with E-state index in [1.165, 1.54) is 16.8 Å². The lowest BCUT2D eigenvalue weighted by molar-refractivity contribution is 0.295. The highest BCUT2D eigenvalue weighted by molar-refractivity contribution is 5.74. The van der Waals surface area contributed by atoms with Gasteiger partial charge in [-0.1, -0.05) is 44.2 Å². The summed E-state index contributed by atoms with van der Waals surface area (Å²) in [5.41, 5.74) is 6.84. The lowest BCUT2D eigenvalue weighted by atomic mass is 9.95. The Labute approximate surface area is 178 Å². The summed E-state index contributed by atoms with van der Waals surface area (Å²) in [6.45, 7) is 8.82. The van der Waals surface area contributed by atoms with Crippen molar-refractivity contribution in [3.05, 3.63) is 83.6 Å². The van der Waals surface area contributed by atoms with Crippen LogP contribution in [-0.4, -0.2) is 47.1 Å². The third kappa shape index (κ3) is 4.24. The molecule has 3 aliphatic rings. The molecule has 1 atom stereocenters. The maximum absolute atomic E-state index is 4.42. The third-order valence-corrected chi connectivity index (χ3v) is 5.41. The number of aromatic nitrogens is 2. The maximum atomic E-state index is 4.42. The van der Waals surface area contributed by atoms with E-state index in [9.17, 15) is 0 Å². The lowest BCUT2D eigenvalue weighted by Crippen LogP contribution is -2.47. The Morgan fingerprint density at radius 2 is 1.87 bits per heavy atom. The fourth-order valence-electron chi connectivity index (χ4n) is 4.00. The average molecular weight is 403 g/mol. The number of piperazine rings is 1. The molecule has 1 aromatic carbocycles. The van der Waals surface area contributed by atoms with E-state index >= 15 is 0 Å². The monoisotopic (exact) mass is 402 g/mol. The molecule has 3 heterocycles. The summed E-state index contributed by atoms with van der Waals surface area (Å²) in [4.78, 5) is 11.3. The zero-order chi connectivity index (χ0) is 20.8. The topological polar surface area (TPSA) is 65.1 Å². The van der Waals surface area contributed by atoms with Crippen molar-refractivity contribution in [2.24, 2.45) is 0 Å². The summed E-state index contributed by atoms with van der Waals surface area (Å²) in [6, 6.07) is 6.50. The second-order valence-electron chi connectivity index (χ2n) is 7.22. The highest BCUT2D eigenvalue weighted by Crippen LogP contribution is 2.28. The highest BCUT2D eigenvalue weighted by Gasteiger charge is 2.27. The van der Waals surface area contributed by atoms with Gasteiger partial charge in [-0.15, -0.1) is 0 Å². The van der Waals surface area contributed by atoms with Crippen molar-refractivity contribution in [2.75, 3.05) is 26.2 Å². The van der Waals surface area contributed by atoms with Gasteiger partial charge in [0.15, 0.2) is 0 Å². The van der Waals surface area contributed by atoms with Crippen LogP contribution in [0.5, 0.6) is 0 Å². The van der Waals surface area contributed by atoms with Crippen LogP contribution >= 0.6 is 0 Å². The van der Waals surface area contributed by atoms with Crippen molar-refractivity contribution < 1.29 is 0 Å². The van der Waals surface area contributed by atoms with Gasteiger partial charge in [-0.3, -0.25) is 9.97 Å². The van der Waals surface area contributed by atoms with E-state index in [1.54, 1.807) is 12.4 Å². The van der Waals surface area contributed by atoms with Crippen molar-refractivity contribution in [3.8, 4) is 0 Å². The first-order chi connectivity index (χ1) is 14.9. The van der Waals surface area contributed by atoms with Crippen molar-refractivity contribution >= 4 is 11.0 Å². The zero-order valence-corrected chi connectivity index (χ0v) is 17.7. The molecular weight excluding hydrogens is 372 g/mol. The molecule has 6 heteroatoms.